The quantitative estimate of drug-likeness (QED) is 0.118. The normalized spacial score (nSPS) is 45.3. The summed E-state index contributed by atoms with van der Waals surface area (Å²) in [4.78, 5) is 26.9. The number of aliphatic hydroxyl groups excluding tert-OH is 8. The van der Waals surface area contributed by atoms with Gasteiger partial charge in [0.05, 0.1) is 42.5 Å². The van der Waals surface area contributed by atoms with Gasteiger partial charge in [-0.05, 0) is 60.8 Å². The molecule has 5 saturated heterocycles. The maximum absolute atomic E-state index is 13.6. The van der Waals surface area contributed by atoms with Crippen molar-refractivity contribution in [3.63, 3.8) is 0 Å². The number of carbonyl (C=O) groups excluding carboxylic acids is 2. The van der Waals surface area contributed by atoms with E-state index in [1.54, 1.807) is 6.92 Å². The Bertz CT molecular complexity index is 1440. The van der Waals surface area contributed by atoms with E-state index in [9.17, 15) is 50.4 Å². The number of aliphatic hydroxyl groups is 8. The fourth-order valence-corrected chi connectivity index (χ4v) is 8.86. The molecule has 5 fully saturated rings. The Kier molecular flexibility index (Phi) is 21.1. The lowest BCUT2D eigenvalue weighted by Crippen LogP contribution is -2.68. The van der Waals surface area contributed by atoms with Gasteiger partial charge < -0.3 is 88.2 Å². The second-order valence-corrected chi connectivity index (χ2v) is 18.7. The van der Waals surface area contributed by atoms with Crippen molar-refractivity contribution in [2.24, 2.45) is 5.92 Å². The number of rotatable bonds is 9. The number of ether oxygens (including phenoxy) is 10. The highest BCUT2D eigenvalue weighted by Crippen LogP contribution is 2.38. The molecule has 0 saturated carbocycles. The van der Waals surface area contributed by atoms with E-state index in [-0.39, 0.29) is 12.5 Å². The second-order valence-electron chi connectivity index (χ2n) is 18.7. The summed E-state index contributed by atoms with van der Waals surface area (Å²) in [5, 5.41) is 88.9. The molecule has 23 atom stereocenters. The van der Waals surface area contributed by atoms with E-state index in [2.05, 4.69) is 6.92 Å². The van der Waals surface area contributed by atoms with Crippen LogP contribution in [0.5, 0.6) is 0 Å². The molecular formula is C45H78O20. The van der Waals surface area contributed by atoms with Crippen LogP contribution in [0.25, 0.3) is 0 Å². The number of fused-ring (bicyclic) bond motifs is 4. The van der Waals surface area contributed by atoms with E-state index in [1.807, 2.05) is 0 Å². The Morgan fingerprint density at radius 3 is 1.82 bits per heavy atom. The van der Waals surface area contributed by atoms with Crippen LogP contribution >= 0.6 is 0 Å². The summed E-state index contributed by atoms with van der Waals surface area (Å²) in [5.41, 5.74) is 0. The van der Waals surface area contributed by atoms with Crippen LogP contribution in [-0.4, -0.2) is 188 Å². The third-order valence-electron chi connectivity index (χ3n) is 13.5. The molecule has 0 aromatic rings. The van der Waals surface area contributed by atoms with Crippen molar-refractivity contribution in [3.05, 3.63) is 0 Å². The molecule has 0 aromatic carbocycles. The van der Waals surface area contributed by atoms with Crippen molar-refractivity contribution in [3.8, 4) is 0 Å². The van der Waals surface area contributed by atoms with Gasteiger partial charge in [-0.15, -0.1) is 0 Å². The average Bonchev–Trinajstić information content (AvgIpc) is 3.26. The third-order valence-corrected chi connectivity index (χ3v) is 13.5. The van der Waals surface area contributed by atoms with Crippen LogP contribution in [0.15, 0.2) is 0 Å². The Labute approximate surface area is 382 Å². The summed E-state index contributed by atoms with van der Waals surface area (Å²) in [7, 11) is 0. The number of hydrogen-bond donors (Lipinski definition) is 8. The minimum atomic E-state index is -1.87. The van der Waals surface area contributed by atoms with Gasteiger partial charge in [0.2, 0.25) is 0 Å². The standard InChI is InChI=1S/C45H78O20/c1-8-9-15-18-27-19-16-13-11-10-12-14-17-20-28(47)61-39-36(62-41(55)21(2)22(3)46)31(50)25(6)58-44(39)63-37-32(51)26(7)59-45(64-38-34(53)30(49)24(5)57-43(38)60-27)40(37)65-42-35(54)33(52)29(48)23(4)56-42/h21-27,29-40,42-46,48-54H,8-20H2,1-7H3/t21-,22-,23+,24-,25-,26-,27+,29+,30-,31-,32-,33-,34+,35-,36+,37+,38-,39-,40-,42+,43+,44+,45+/m1/s1. The lowest BCUT2D eigenvalue weighted by molar-refractivity contribution is -0.406. The number of unbranched alkanes of at least 4 members (excludes halogenated alkanes) is 2. The van der Waals surface area contributed by atoms with Gasteiger partial charge in [-0.1, -0.05) is 64.7 Å². The van der Waals surface area contributed by atoms with Crippen LogP contribution in [0.4, 0.5) is 0 Å². The molecule has 5 aliphatic heterocycles. The highest BCUT2D eigenvalue weighted by Gasteiger charge is 2.57. The van der Waals surface area contributed by atoms with Crippen molar-refractivity contribution in [1.82, 2.24) is 0 Å². The first-order chi connectivity index (χ1) is 30.8. The van der Waals surface area contributed by atoms with Crippen LogP contribution in [0.1, 0.15) is 132 Å². The Morgan fingerprint density at radius 2 is 1.15 bits per heavy atom. The molecule has 0 radical (unpaired) electrons. The van der Waals surface area contributed by atoms with Crippen molar-refractivity contribution < 1.29 is 97.8 Å². The second kappa shape index (κ2) is 25.2. The van der Waals surface area contributed by atoms with Gasteiger partial charge in [0.15, 0.2) is 37.4 Å². The predicted molar refractivity (Wildman–Crippen MR) is 225 cm³/mol. The van der Waals surface area contributed by atoms with Gasteiger partial charge >= 0.3 is 11.9 Å². The maximum Gasteiger partial charge on any atom is 0.311 e. The summed E-state index contributed by atoms with van der Waals surface area (Å²) in [5.74, 6) is -2.67. The van der Waals surface area contributed by atoms with Crippen LogP contribution in [0.2, 0.25) is 0 Å². The van der Waals surface area contributed by atoms with E-state index in [1.165, 1.54) is 34.6 Å². The van der Waals surface area contributed by atoms with Crippen LogP contribution in [0.3, 0.4) is 0 Å². The molecule has 0 amide bonds. The minimum absolute atomic E-state index is 0.0321. The summed E-state index contributed by atoms with van der Waals surface area (Å²) < 4.78 is 62.1. The lowest BCUT2D eigenvalue weighted by atomic mass is 9.95. The van der Waals surface area contributed by atoms with Crippen LogP contribution in [-0.2, 0) is 57.0 Å². The topological polar surface area (TPSA) is 288 Å². The summed E-state index contributed by atoms with van der Waals surface area (Å²) >= 11 is 0. The fraction of sp³-hybridized carbons (Fsp3) is 0.956. The zero-order valence-corrected chi connectivity index (χ0v) is 38.9. The van der Waals surface area contributed by atoms with Gasteiger partial charge in [0, 0.05) is 6.42 Å². The first-order valence-corrected chi connectivity index (χ1v) is 23.9. The van der Waals surface area contributed by atoms with Crippen molar-refractivity contribution in [1.29, 1.82) is 0 Å². The molecule has 5 aliphatic rings. The molecule has 5 heterocycles. The SMILES string of the molecule is CCCCC[C@H]1CCCCCCCCCC(=O)O[C@H]2[C@H](O[C@H]3[C@H](O)[C@@H](C)O[C@@H](O[C@H]4[C@H](O1)O[C@H](C)[C@@H](O)[C@@H]4O)[C@@H]3O[C@@H]1O[C@@H](C)[C@H](O)[C@@H](O)[C@H]1O)O[C@H](C)[C@@H](O)[C@@H]2OC(=O)[C@H](C)[C@@H](C)O. The number of hydrogen-bond acceptors (Lipinski definition) is 20. The Morgan fingerprint density at radius 1 is 0.600 bits per heavy atom. The Balaban J connectivity index is 1.58. The van der Waals surface area contributed by atoms with Crippen LogP contribution in [0, 0.1) is 5.92 Å². The minimum Gasteiger partial charge on any atom is -0.455 e. The van der Waals surface area contributed by atoms with E-state index in [0.29, 0.717) is 19.3 Å². The van der Waals surface area contributed by atoms with Gasteiger partial charge in [0.1, 0.15) is 61.0 Å². The smallest absolute Gasteiger partial charge is 0.311 e. The Hall–Kier alpha value is -1.70. The van der Waals surface area contributed by atoms with E-state index < -0.39 is 147 Å². The monoisotopic (exact) mass is 939 g/mol. The van der Waals surface area contributed by atoms with Gasteiger partial charge in [-0.25, -0.2) is 0 Å². The molecule has 0 spiro atoms. The van der Waals surface area contributed by atoms with Gasteiger partial charge in [-0.3, -0.25) is 9.59 Å². The lowest BCUT2D eigenvalue weighted by Gasteiger charge is -2.50. The van der Waals surface area contributed by atoms with Crippen molar-refractivity contribution >= 4 is 11.9 Å². The third kappa shape index (κ3) is 14.0. The van der Waals surface area contributed by atoms with Gasteiger partial charge in [-0.2, -0.15) is 0 Å². The van der Waals surface area contributed by atoms with E-state index in [4.69, 9.17) is 47.4 Å². The molecule has 65 heavy (non-hydrogen) atoms. The fourth-order valence-electron chi connectivity index (χ4n) is 8.86. The number of carbonyl (C=O) groups is 2. The molecule has 0 aromatic heterocycles. The van der Waals surface area contributed by atoms with Crippen molar-refractivity contribution in [2.75, 3.05) is 0 Å². The molecule has 0 aliphatic carbocycles. The molecular weight excluding hydrogens is 860 g/mol. The summed E-state index contributed by atoms with van der Waals surface area (Å²) in [6.07, 6.45) is -21.6. The number of esters is 2. The molecule has 5 rings (SSSR count). The zero-order valence-electron chi connectivity index (χ0n) is 38.9. The van der Waals surface area contributed by atoms with E-state index >= 15 is 0 Å². The first kappa shape index (κ1) is 54.2. The average molecular weight is 939 g/mol. The predicted octanol–water partition coefficient (Wildman–Crippen LogP) is 0.978. The highest BCUT2D eigenvalue weighted by molar-refractivity contribution is 5.73. The molecule has 8 N–H and O–H groups in total. The first-order valence-electron chi connectivity index (χ1n) is 23.9. The van der Waals surface area contributed by atoms with Crippen LogP contribution < -0.4 is 0 Å². The highest BCUT2D eigenvalue weighted by atomic mass is 16.8. The summed E-state index contributed by atoms with van der Waals surface area (Å²) in [6.45, 7) is 10.9. The zero-order chi connectivity index (χ0) is 47.7. The van der Waals surface area contributed by atoms with Gasteiger partial charge in [0.25, 0.3) is 0 Å². The largest absolute Gasteiger partial charge is 0.455 e. The van der Waals surface area contributed by atoms with E-state index in [0.717, 1.165) is 57.8 Å². The molecule has 378 valence electrons. The maximum atomic E-state index is 13.6. The molecule has 2 bridgehead atoms. The molecule has 20 nitrogen and oxygen atoms in total. The molecule has 20 heteroatoms. The molecule has 0 unspecified atom stereocenters. The van der Waals surface area contributed by atoms with Crippen molar-refractivity contribution in [2.45, 2.75) is 267 Å². The summed E-state index contributed by atoms with van der Waals surface area (Å²) in [6, 6.07) is 0.